The van der Waals surface area contributed by atoms with Crippen molar-refractivity contribution in [3.63, 3.8) is 0 Å². The van der Waals surface area contributed by atoms with Gasteiger partial charge in [0.2, 0.25) is 0 Å². The molecule has 0 amide bonds. The number of halogens is 3. The fourth-order valence-electron chi connectivity index (χ4n) is 1.20. The predicted octanol–water partition coefficient (Wildman–Crippen LogP) is 3.19. The lowest BCUT2D eigenvalue weighted by atomic mass is 10.1. The summed E-state index contributed by atoms with van der Waals surface area (Å²) in [5.74, 6) is -1.01. The highest BCUT2D eigenvalue weighted by Gasteiger charge is 2.18. The van der Waals surface area contributed by atoms with Gasteiger partial charge in [-0.3, -0.25) is 4.79 Å². The molecule has 0 radical (unpaired) electrons. The van der Waals surface area contributed by atoms with Crippen molar-refractivity contribution in [1.29, 1.82) is 0 Å². The van der Waals surface area contributed by atoms with Crippen molar-refractivity contribution >= 4 is 29.2 Å². The van der Waals surface area contributed by atoms with Gasteiger partial charge in [0.1, 0.15) is 11.2 Å². The molecule has 0 aliphatic rings. The van der Waals surface area contributed by atoms with Crippen LogP contribution in [0.1, 0.15) is 12.5 Å². The maximum absolute atomic E-state index is 13.4. The van der Waals surface area contributed by atoms with Gasteiger partial charge in [-0.2, -0.15) is 0 Å². The van der Waals surface area contributed by atoms with E-state index in [1.807, 2.05) is 0 Å². The second-order valence-corrected chi connectivity index (χ2v) is 4.12. The average molecular weight is 265 g/mol. The van der Waals surface area contributed by atoms with Gasteiger partial charge in [-0.05, 0) is 24.6 Å². The van der Waals surface area contributed by atoms with E-state index in [1.165, 1.54) is 12.1 Å². The Kier molecular flexibility index (Phi) is 5.03. The molecule has 88 valence electrons. The summed E-state index contributed by atoms with van der Waals surface area (Å²) in [6, 6.07) is 4.24. The smallest absolute Gasteiger partial charge is 0.324 e. The Morgan fingerprint density at radius 1 is 1.56 bits per heavy atom. The Balaban J connectivity index is 2.69. The van der Waals surface area contributed by atoms with Gasteiger partial charge in [0.05, 0.1) is 6.61 Å². The van der Waals surface area contributed by atoms with Gasteiger partial charge in [-0.25, -0.2) is 4.39 Å². The summed E-state index contributed by atoms with van der Waals surface area (Å²) in [5.41, 5.74) is 0.345. The standard InChI is InChI=1S/C11H11Cl2FO2/c1-2-16-11(15)9(13)5-7-3-4-8(12)6-10(7)14/h3-4,6,9H,2,5H2,1H3. The van der Waals surface area contributed by atoms with E-state index >= 15 is 0 Å². The van der Waals surface area contributed by atoms with E-state index in [0.29, 0.717) is 10.6 Å². The van der Waals surface area contributed by atoms with E-state index in [2.05, 4.69) is 0 Å². The molecule has 0 bridgehead atoms. The minimum absolute atomic E-state index is 0.0867. The summed E-state index contributed by atoms with van der Waals surface area (Å²) in [6.45, 7) is 1.94. The van der Waals surface area contributed by atoms with E-state index in [0.717, 1.165) is 0 Å². The van der Waals surface area contributed by atoms with Gasteiger partial charge in [-0.1, -0.05) is 17.7 Å². The minimum atomic E-state index is -0.879. The van der Waals surface area contributed by atoms with Crippen LogP contribution in [0.3, 0.4) is 0 Å². The number of esters is 1. The monoisotopic (exact) mass is 264 g/mol. The van der Waals surface area contributed by atoms with Crippen molar-refractivity contribution in [2.45, 2.75) is 18.7 Å². The highest BCUT2D eigenvalue weighted by atomic mass is 35.5. The lowest BCUT2D eigenvalue weighted by Gasteiger charge is -2.09. The summed E-state index contributed by atoms with van der Waals surface area (Å²) in [7, 11) is 0. The molecule has 0 saturated carbocycles. The topological polar surface area (TPSA) is 26.3 Å². The van der Waals surface area contributed by atoms with Crippen molar-refractivity contribution in [3.05, 3.63) is 34.6 Å². The van der Waals surface area contributed by atoms with Crippen LogP contribution < -0.4 is 0 Å². The molecule has 0 aromatic heterocycles. The third-order valence-corrected chi connectivity index (χ3v) is 2.52. The number of alkyl halides is 1. The van der Waals surface area contributed by atoms with Gasteiger partial charge in [0.25, 0.3) is 0 Å². The first-order chi connectivity index (χ1) is 7.54. The molecule has 0 aliphatic heterocycles. The van der Waals surface area contributed by atoms with E-state index in [1.54, 1.807) is 13.0 Å². The SMILES string of the molecule is CCOC(=O)C(Cl)Cc1ccc(Cl)cc1F. The van der Waals surface area contributed by atoms with Gasteiger partial charge < -0.3 is 4.74 Å². The number of rotatable bonds is 4. The Morgan fingerprint density at radius 3 is 2.81 bits per heavy atom. The van der Waals surface area contributed by atoms with E-state index in [-0.39, 0.29) is 13.0 Å². The van der Waals surface area contributed by atoms with Crippen molar-refractivity contribution in [2.24, 2.45) is 0 Å². The zero-order chi connectivity index (χ0) is 12.1. The number of ether oxygens (including phenoxy) is 1. The van der Waals surface area contributed by atoms with Crippen molar-refractivity contribution in [1.82, 2.24) is 0 Å². The number of carbonyl (C=O) groups excluding carboxylic acids is 1. The average Bonchev–Trinajstić information content (AvgIpc) is 2.22. The lowest BCUT2D eigenvalue weighted by molar-refractivity contribution is -0.142. The summed E-state index contributed by atoms with van der Waals surface area (Å²) >= 11 is 11.4. The number of hydrogen-bond acceptors (Lipinski definition) is 2. The molecule has 0 spiro atoms. The van der Waals surface area contributed by atoms with Crippen molar-refractivity contribution < 1.29 is 13.9 Å². The zero-order valence-electron chi connectivity index (χ0n) is 8.67. The molecular formula is C11H11Cl2FO2. The highest BCUT2D eigenvalue weighted by Crippen LogP contribution is 2.18. The van der Waals surface area contributed by atoms with Crippen molar-refractivity contribution in [3.8, 4) is 0 Å². The molecule has 0 saturated heterocycles. The molecule has 1 aromatic carbocycles. The number of benzene rings is 1. The first-order valence-corrected chi connectivity index (χ1v) is 5.60. The largest absolute Gasteiger partial charge is 0.465 e. The van der Waals surface area contributed by atoms with Crippen LogP contribution in [0.25, 0.3) is 0 Å². The summed E-state index contributed by atoms with van der Waals surface area (Å²) in [6.07, 6.45) is 0.0867. The van der Waals surface area contributed by atoms with Gasteiger partial charge in [0, 0.05) is 11.4 Å². The van der Waals surface area contributed by atoms with Gasteiger partial charge >= 0.3 is 5.97 Å². The first kappa shape index (κ1) is 13.3. The van der Waals surface area contributed by atoms with E-state index < -0.39 is 17.2 Å². The molecule has 0 heterocycles. The Labute approximate surface area is 103 Å². The Hall–Kier alpha value is -0.800. The van der Waals surface area contributed by atoms with Crippen LogP contribution in [0.4, 0.5) is 4.39 Å². The van der Waals surface area contributed by atoms with Crippen LogP contribution in [0.2, 0.25) is 5.02 Å². The molecule has 16 heavy (non-hydrogen) atoms. The summed E-state index contributed by atoms with van der Waals surface area (Å²) in [4.78, 5) is 11.2. The molecule has 2 nitrogen and oxygen atoms in total. The molecule has 1 aromatic rings. The van der Waals surface area contributed by atoms with Crippen molar-refractivity contribution in [2.75, 3.05) is 6.61 Å². The molecule has 1 rings (SSSR count). The molecular weight excluding hydrogens is 254 g/mol. The fourth-order valence-corrected chi connectivity index (χ4v) is 1.58. The van der Waals surface area contributed by atoms with Crippen LogP contribution in [0.5, 0.6) is 0 Å². The van der Waals surface area contributed by atoms with Gasteiger partial charge in [0.15, 0.2) is 0 Å². The predicted molar refractivity (Wildman–Crippen MR) is 61.4 cm³/mol. The molecule has 1 unspecified atom stereocenters. The second-order valence-electron chi connectivity index (χ2n) is 3.16. The normalized spacial score (nSPS) is 12.2. The van der Waals surface area contributed by atoms with Crippen LogP contribution in [0.15, 0.2) is 18.2 Å². The third kappa shape index (κ3) is 3.65. The van der Waals surface area contributed by atoms with Crippen LogP contribution in [-0.4, -0.2) is 18.0 Å². The third-order valence-electron chi connectivity index (χ3n) is 1.96. The molecule has 5 heteroatoms. The van der Waals surface area contributed by atoms with Gasteiger partial charge in [-0.15, -0.1) is 11.6 Å². The van der Waals surface area contributed by atoms with Crippen LogP contribution in [-0.2, 0) is 16.0 Å². The highest BCUT2D eigenvalue weighted by molar-refractivity contribution is 6.30. The summed E-state index contributed by atoms with van der Waals surface area (Å²) in [5, 5.41) is -0.570. The number of hydrogen-bond donors (Lipinski definition) is 0. The fraction of sp³-hybridized carbons (Fsp3) is 0.364. The zero-order valence-corrected chi connectivity index (χ0v) is 10.2. The second kappa shape index (κ2) is 6.06. The van der Waals surface area contributed by atoms with Crippen LogP contribution >= 0.6 is 23.2 Å². The van der Waals surface area contributed by atoms with Crippen LogP contribution in [0, 0.1) is 5.82 Å². The van der Waals surface area contributed by atoms with E-state index in [4.69, 9.17) is 27.9 Å². The van der Waals surface area contributed by atoms with E-state index in [9.17, 15) is 9.18 Å². The summed E-state index contributed by atoms with van der Waals surface area (Å²) < 4.78 is 18.1. The molecule has 0 N–H and O–H groups in total. The number of carbonyl (C=O) groups is 1. The Morgan fingerprint density at radius 2 is 2.25 bits per heavy atom. The quantitative estimate of drug-likeness (QED) is 0.617. The minimum Gasteiger partial charge on any atom is -0.465 e. The Bertz CT molecular complexity index is 382. The molecule has 1 atom stereocenters. The molecule has 0 fully saturated rings. The maximum atomic E-state index is 13.4. The lowest BCUT2D eigenvalue weighted by Crippen LogP contribution is -2.20. The first-order valence-electron chi connectivity index (χ1n) is 4.79. The molecule has 0 aliphatic carbocycles. The maximum Gasteiger partial charge on any atom is 0.324 e.